The first-order valence-electron chi connectivity index (χ1n) is 10.8. The third kappa shape index (κ3) is 4.14. The van der Waals surface area contributed by atoms with Crippen LogP contribution in [0.3, 0.4) is 0 Å². The van der Waals surface area contributed by atoms with Crippen molar-refractivity contribution in [3.63, 3.8) is 0 Å². The van der Waals surface area contributed by atoms with Gasteiger partial charge in [0.25, 0.3) is 0 Å². The Morgan fingerprint density at radius 3 is 2.82 bits per heavy atom. The predicted molar refractivity (Wildman–Crippen MR) is 134 cm³/mol. The van der Waals surface area contributed by atoms with Crippen molar-refractivity contribution in [2.24, 2.45) is 0 Å². The number of hydrogen-bond donors (Lipinski definition) is 2. The molecule has 4 N–H and O–H groups in total. The van der Waals surface area contributed by atoms with Crippen LogP contribution in [0.1, 0.15) is 30.0 Å². The molecule has 4 aromatic rings. The van der Waals surface area contributed by atoms with E-state index in [1.165, 1.54) is 11.3 Å². The standard InChI is InChI=1S/C23H24ClN7OS/c1-3-4-16-19(24)29-22(25)30-20(16)31-5-6-32-18-12(2)7-13(8-15(18)11-31)14-9-17-21(27-10-14)33-23(26)28-17/h7-10H,3-6,11H2,1-2H3,(H2,26,28)(H2,25,29,30). The summed E-state index contributed by atoms with van der Waals surface area (Å²) in [7, 11) is 0. The molecule has 0 radical (unpaired) electrons. The first kappa shape index (κ1) is 21.7. The van der Waals surface area contributed by atoms with E-state index < -0.39 is 0 Å². The summed E-state index contributed by atoms with van der Waals surface area (Å²) in [6, 6.07) is 6.29. The maximum atomic E-state index is 6.44. The molecule has 1 aliphatic rings. The molecular formula is C23H24ClN7OS. The van der Waals surface area contributed by atoms with Crippen LogP contribution in [0.5, 0.6) is 5.75 Å². The SMILES string of the molecule is CCCc1c(Cl)nc(N)nc1N1CCOc2c(C)cc(-c3cnc4sc(N)nc4c3)cc2C1. The van der Waals surface area contributed by atoms with E-state index >= 15 is 0 Å². The van der Waals surface area contributed by atoms with E-state index in [1.807, 2.05) is 12.3 Å². The second kappa shape index (κ2) is 8.64. The van der Waals surface area contributed by atoms with Gasteiger partial charge in [-0.25, -0.2) is 15.0 Å². The van der Waals surface area contributed by atoms with E-state index in [1.54, 1.807) is 0 Å². The van der Waals surface area contributed by atoms with E-state index in [2.05, 4.69) is 50.8 Å². The molecule has 10 heteroatoms. The first-order valence-corrected chi connectivity index (χ1v) is 12.0. The van der Waals surface area contributed by atoms with Gasteiger partial charge < -0.3 is 21.1 Å². The van der Waals surface area contributed by atoms with E-state index in [0.29, 0.717) is 30.0 Å². The largest absolute Gasteiger partial charge is 0.491 e. The third-order valence-electron chi connectivity index (χ3n) is 5.67. The highest BCUT2D eigenvalue weighted by atomic mass is 35.5. The van der Waals surface area contributed by atoms with Gasteiger partial charge in [-0.15, -0.1) is 0 Å². The van der Waals surface area contributed by atoms with Crippen molar-refractivity contribution >= 4 is 50.2 Å². The molecule has 0 aliphatic carbocycles. The maximum absolute atomic E-state index is 6.44. The van der Waals surface area contributed by atoms with Crippen LogP contribution in [0.4, 0.5) is 16.9 Å². The Balaban J connectivity index is 1.56. The number of pyridine rings is 1. The summed E-state index contributed by atoms with van der Waals surface area (Å²) in [5, 5.41) is 0.930. The lowest BCUT2D eigenvalue weighted by Crippen LogP contribution is -2.28. The van der Waals surface area contributed by atoms with Crippen LogP contribution in [-0.4, -0.2) is 33.1 Å². The summed E-state index contributed by atoms with van der Waals surface area (Å²) >= 11 is 7.83. The molecular weight excluding hydrogens is 458 g/mol. The zero-order valence-corrected chi connectivity index (χ0v) is 20.0. The summed E-state index contributed by atoms with van der Waals surface area (Å²) in [5.74, 6) is 1.85. The van der Waals surface area contributed by atoms with Gasteiger partial charge in [-0.3, -0.25) is 0 Å². The zero-order chi connectivity index (χ0) is 23.1. The lowest BCUT2D eigenvalue weighted by atomic mass is 9.99. The Morgan fingerprint density at radius 1 is 1.15 bits per heavy atom. The monoisotopic (exact) mass is 481 g/mol. The van der Waals surface area contributed by atoms with Gasteiger partial charge >= 0.3 is 0 Å². The Bertz CT molecular complexity index is 1360. The molecule has 0 amide bonds. The molecule has 170 valence electrons. The lowest BCUT2D eigenvalue weighted by Gasteiger charge is -2.24. The number of rotatable bonds is 4. The Labute approximate surface area is 200 Å². The quantitative estimate of drug-likeness (QED) is 0.405. The van der Waals surface area contributed by atoms with Gasteiger partial charge in [0, 0.05) is 29.4 Å². The Hall–Kier alpha value is -3.17. The van der Waals surface area contributed by atoms with Crippen LogP contribution in [0.2, 0.25) is 5.15 Å². The highest BCUT2D eigenvalue weighted by Crippen LogP contribution is 2.36. The van der Waals surface area contributed by atoms with Gasteiger partial charge in [-0.1, -0.05) is 36.3 Å². The number of thiazole rings is 1. The highest BCUT2D eigenvalue weighted by molar-refractivity contribution is 7.21. The summed E-state index contributed by atoms with van der Waals surface area (Å²) in [6.45, 7) is 5.98. The molecule has 8 nitrogen and oxygen atoms in total. The molecule has 0 fully saturated rings. The molecule has 0 unspecified atom stereocenters. The number of ether oxygens (including phenoxy) is 1. The smallest absolute Gasteiger partial charge is 0.223 e. The Morgan fingerprint density at radius 2 is 2.00 bits per heavy atom. The van der Waals surface area contributed by atoms with Crippen molar-refractivity contribution < 1.29 is 4.74 Å². The van der Waals surface area contributed by atoms with Gasteiger partial charge in [-0.05, 0) is 42.7 Å². The second-order valence-electron chi connectivity index (χ2n) is 8.08. The summed E-state index contributed by atoms with van der Waals surface area (Å²) in [4.78, 5) is 20.6. The van der Waals surface area contributed by atoms with Crippen molar-refractivity contribution in [2.75, 3.05) is 29.5 Å². The normalized spacial score (nSPS) is 13.6. The zero-order valence-electron chi connectivity index (χ0n) is 18.4. The average Bonchev–Trinajstić information content (AvgIpc) is 3.01. The van der Waals surface area contributed by atoms with Gasteiger partial charge in [0.1, 0.15) is 33.7 Å². The van der Waals surface area contributed by atoms with Crippen LogP contribution in [0.15, 0.2) is 24.4 Å². The van der Waals surface area contributed by atoms with Crippen molar-refractivity contribution in [1.82, 2.24) is 19.9 Å². The fourth-order valence-corrected chi connectivity index (χ4v) is 5.17. The van der Waals surface area contributed by atoms with Crippen LogP contribution in [-0.2, 0) is 13.0 Å². The molecule has 1 aromatic carbocycles. The van der Waals surface area contributed by atoms with Crippen molar-refractivity contribution in [1.29, 1.82) is 0 Å². The van der Waals surface area contributed by atoms with Crippen molar-refractivity contribution in [2.45, 2.75) is 33.2 Å². The molecule has 1 aliphatic heterocycles. The molecule has 0 saturated carbocycles. The van der Waals surface area contributed by atoms with E-state index in [-0.39, 0.29) is 5.95 Å². The van der Waals surface area contributed by atoms with Crippen LogP contribution in [0.25, 0.3) is 21.5 Å². The minimum absolute atomic E-state index is 0.173. The summed E-state index contributed by atoms with van der Waals surface area (Å²) < 4.78 is 6.16. The minimum Gasteiger partial charge on any atom is -0.491 e. The molecule has 0 spiro atoms. The number of hydrogen-bond acceptors (Lipinski definition) is 9. The van der Waals surface area contributed by atoms with E-state index in [9.17, 15) is 0 Å². The minimum atomic E-state index is 0.173. The van der Waals surface area contributed by atoms with Gasteiger partial charge in [0.15, 0.2) is 5.13 Å². The molecule has 0 bridgehead atoms. The summed E-state index contributed by atoms with van der Waals surface area (Å²) in [5.41, 5.74) is 17.7. The highest BCUT2D eigenvalue weighted by Gasteiger charge is 2.23. The number of aromatic nitrogens is 4. The third-order valence-corrected chi connectivity index (χ3v) is 6.79. The van der Waals surface area contributed by atoms with Gasteiger partial charge in [0.2, 0.25) is 5.95 Å². The number of anilines is 3. The average molecular weight is 482 g/mol. The van der Waals surface area contributed by atoms with Crippen molar-refractivity contribution in [3.8, 4) is 16.9 Å². The van der Waals surface area contributed by atoms with E-state index in [0.717, 1.165) is 62.6 Å². The van der Waals surface area contributed by atoms with Gasteiger partial charge in [-0.2, -0.15) is 4.98 Å². The topological polar surface area (TPSA) is 116 Å². The van der Waals surface area contributed by atoms with Crippen LogP contribution in [0, 0.1) is 6.92 Å². The molecule has 33 heavy (non-hydrogen) atoms. The number of nitrogen functional groups attached to an aromatic ring is 2. The van der Waals surface area contributed by atoms with Crippen LogP contribution >= 0.6 is 22.9 Å². The molecule has 0 atom stereocenters. The van der Waals surface area contributed by atoms with E-state index in [4.69, 9.17) is 27.8 Å². The fraction of sp³-hybridized carbons (Fsp3) is 0.304. The summed E-state index contributed by atoms with van der Waals surface area (Å²) in [6.07, 6.45) is 3.57. The number of aryl methyl sites for hydroxylation is 1. The number of fused-ring (bicyclic) bond motifs is 2. The molecule has 3 aromatic heterocycles. The number of nitrogens with zero attached hydrogens (tertiary/aromatic N) is 5. The second-order valence-corrected chi connectivity index (χ2v) is 9.44. The Kier molecular flexibility index (Phi) is 5.67. The lowest BCUT2D eigenvalue weighted by molar-refractivity contribution is 0.329. The predicted octanol–water partition coefficient (Wildman–Crippen LogP) is 4.63. The molecule has 0 saturated heterocycles. The first-order chi connectivity index (χ1) is 15.9. The van der Waals surface area contributed by atoms with Crippen molar-refractivity contribution in [3.05, 3.63) is 46.2 Å². The van der Waals surface area contributed by atoms with Gasteiger partial charge in [0.05, 0.1) is 6.54 Å². The molecule has 5 rings (SSSR count). The number of benzene rings is 1. The van der Waals surface area contributed by atoms with Crippen LogP contribution < -0.4 is 21.1 Å². The number of halogens is 1. The number of nitrogens with two attached hydrogens (primary N) is 2. The maximum Gasteiger partial charge on any atom is 0.223 e. The fourth-order valence-electron chi connectivity index (χ4n) is 4.25. The molecule has 4 heterocycles.